The molecule has 1 aromatic carbocycles. The van der Waals surface area contributed by atoms with Crippen LogP contribution in [0, 0.1) is 0 Å². The SMILES string of the molecule is NC(=O)N(N)c1nnc(-c2ccc(CS(=O)[O-])cc2Cl)c(N(N)C(N)=O)n1. The lowest BCUT2D eigenvalue weighted by Crippen LogP contribution is -2.45. The molecule has 27 heavy (non-hydrogen) atoms. The molecule has 0 saturated heterocycles. The Morgan fingerprint density at radius 1 is 1.15 bits per heavy atom. The second-order valence-corrected chi connectivity index (χ2v) is 6.27. The van der Waals surface area contributed by atoms with Crippen molar-refractivity contribution < 1.29 is 18.4 Å². The summed E-state index contributed by atoms with van der Waals surface area (Å²) >= 11 is 3.87. The molecule has 2 aromatic rings. The summed E-state index contributed by atoms with van der Waals surface area (Å²) < 4.78 is 21.6. The molecule has 0 aliphatic rings. The molecule has 0 spiro atoms. The van der Waals surface area contributed by atoms with Crippen LogP contribution in [0.5, 0.6) is 0 Å². The number of nitrogens with zero attached hydrogens (tertiary/aromatic N) is 5. The van der Waals surface area contributed by atoms with Gasteiger partial charge in [-0.2, -0.15) is 9.99 Å². The first-order valence-corrected chi connectivity index (χ1v) is 8.52. The number of carbonyl (C=O) groups excluding carboxylic acids is 2. The third-order valence-corrected chi connectivity index (χ3v) is 4.03. The van der Waals surface area contributed by atoms with Crippen molar-refractivity contribution in [1.82, 2.24) is 15.2 Å². The number of aromatic nitrogens is 3. The summed E-state index contributed by atoms with van der Waals surface area (Å²) in [7, 11) is 0. The number of hydrogen-bond acceptors (Lipinski definition) is 9. The van der Waals surface area contributed by atoms with Gasteiger partial charge in [-0.1, -0.05) is 34.8 Å². The molecule has 13 nitrogen and oxygen atoms in total. The van der Waals surface area contributed by atoms with Gasteiger partial charge in [0.05, 0.1) is 5.02 Å². The third kappa shape index (κ3) is 4.63. The maximum atomic E-state index is 11.5. The van der Waals surface area contributed by atoms with E-state index < -0.39 is 29.1 Å². The number of rotatable bonds is 5. The van der Waals surface area contributed by atoms with Crippen LogP contribution in [0.15, 0.2) is 18.2 Å². The van der Waals surface area contributed by atoms with Gasteiger partial charge in [-0.3, -0.25) is 4.21 Å². The maximum Gasteiger partial charge on any atom is 0.336 e. The quantitative estimate of drug-likeness (QED) is 0.205. The average molecular weight is 415 g/mol. The number of nitrogens with two attached hydrogens (primary N) is 4. The topological polar surface area (TPSA) is 224 Å². The molecule has 144 valence electrons. The lowest BCUT2D eigenvalue weighted by atomic mass is 10.1. The molecule has 8 N–H and O–H groups in total. The van der Waals surface area contributed by atoms with Crippen LogP contribution in [0.25, 0.3) is 11.3 Å². The van der Waals surface area contributed by atoms with E-state index >= 15 is 0 Å². The third-order valence-electron chi connectivity index (χ3n) is 3.15. The minimum atomic E-state index is -2.31. The molecule has 0 fully saturated rings. The standard InChI is InChI=1S/C12H14ClN9O4S/c13-7-3-5(4-27(25)26)1-2-6(7)8-9(21(16)10(14)23)18-12(20-19-8)22(17)11(15)24/h1-3H,4,16-17H2,(H2,14,23)(H2,15,24)(H,25,26)/p-1. The van der Waals surface area contributed by atoms with Crippen molar-refractivity contribution in [3.63, 3.8) is 0 Å². The molecular formula is C12H13ClN9O4S-. The van der Waals surface area contributed by atoms with Gasteiger partial charge in [-0.05, 0) is 11.6 Å². The van der Waals surface area contributed by atoms with Gasteiger partial charge in [0.25, 0.3) is 5.95 Å². The van der Waals surface area contributed by atoms with Crippen LogP contribution in [0.3, 0.4) is 0 Å². The van der Waals surface area contributed by atoms with Gasteiger partial charge in [0.2, 0.25) is 0 Å². The highest BCUT2D eigenvalue weighted by Crippen LogP contribution is 2.33. The number of carbonyl (C=O) groups is 2. The second-order valence-electron chi connectivity index (χ2n) is 4.96. The van der Waals surface area contributed by atoms with Crippen molar-refractivity contribution in [2.75, 3.05) is 10.0 Å². The van der Waals surface area contributed by atoms with Crippen molar-refractivity contribution in [2.24, 2.45) is 23.2 Å². The molecule has 4 amide bonds. The number of primary amides is 2. The summed E-state index contributed by atoms with van der Waals surface area (Å²) in [6.07, 6.45) is 0. The summed E-state index contributed by atoms with van der Waals surface area (Å²) in [6.45, 7) is 0. The van der Waals surface area contributed by atoms with E-state index in [0.717, 1.165) is 0 Å². The maximum absolute atomic E-state index is 11.5. The van der Waals surface area contributed by atoms with Gasteiger partial charge in [0, 0.05) is 11.3 Å². The first-order valence-electron chi connectivity index (χ1n) is 6.89. The van der Waals surface area contributed by atoms with Gasteiger partial charge in [0.15, 0.2) is 5.82 Å². The van der Waals surface area contributed by atoms with E-state index in [9.17, 15) is 18.4 Å². The van der Waals surface area contributed by atoms with Gasteiger partial charge >= 0.3 is 12.1 Å². The minimum Gasteiger partial charge on any atom is -0.772 e. The van der Waals surface area contributed by atoms with Crippen LogP contribution in [0.4, 0.5) is 21.4 Å². The van der Waals surface area contributed by atoms with E-state index in [1.54, 1.807) is 0 Å². The number of hydrogen-bond donors (Lipinski definition) is 4. The van der Waals surface area contributed by atoms with E-state index in [2.05, 4.69) is 15.2 Å². The monoisotopic (exact) mass is 414 g/mol. The molecule has 0 aliphatic carbocycles. The van der Waals surface area contributed by atoms with Crippen LogP contribution in [-0.4, -0.2) is 36.0 Å². The predicted octanol–water partition coefficient (Wildman–Crippen LogP) is -0.911. The highest BCUT2D eigenvalue weighted by atomic mass is 35.5. The summed E-state index contributed by atoms with van der Waals surface area (Å²) in [5.74, 6) is 9.98. The Balaban J connectivity index is 2.60. The van der Waals surface area contributed by atoms with Gasteiger partial charge < -0.3 is 16.0 Å². The molecule has 1 atom stereocenters. The fourth-order valence-corrected chi connectivity index (χ4v) is 2.68. The van der Waals surface area contributed by atoms with Gasteiger partial charge in [-0.25, -0.2) is 26.3 Å². The van der Waals surface area contributed by atoms with Crippen molar-refractivity contribution in [3.05, 3.63) is 28.8 Å². The lowest BCUT2D eigenvalue weighted by molar-refractivity contribution is 0.253. The second kappa shape index (κ2) is 8.19. The summed E-state index contributed by atoms with van der Waals surface area (Å²) in [6, 6.07) is 2.10. The van der Waals surface area contributed by atoms with E-state index in [1.165, 1.54) is 18.2 Å². The average Bonchev–Trinajstić information content (AvgIpc) is 2.59. The van der Waals surface area contributed by atoms with E-state index in [0.29, 0.717) is 15.6 Å². The highest BCUT2D eigenvalue weighted by Gasteiger charge is 2.23. The van der Waals surface area contributed by atoms with Crippen molar-refractivity contribution >= 4 is 46.5 Å². The molecule has 0 bridgehead atoms. The Kier molecular flexibility index (Phi) is 6.19. The minimum absolute atomic E-state index is 0.0716. The van der Waals surface area contributed by atoms with Crippen LogP contribution < -0.4 is 33.2 Å². The lowest BCUT2D eigenvalue weighted by Gasteiger charge is -2.19. The number of benzene rings is 1. The molecular weight excluding hydrogens is 402 g/mol. The number of hydrazine groups is 2. The Labute approximate surface area is 159 Å². The van der Waals surface area contributed by atoms with Crippen LogP contribution in [0.2, 0.25) is 5.02 Å². The normalized spacial score (nSPS) is 11.7. The van der Waals surface area contributed by atoms with E-state index in [4.69, 9.17) is 34.8 Å². The molecule has 0 saturated carbocycles. The van der Waals surface area contributed by atoms with Crippen molar-refractivity contribution in [1.29, 1.82) is 0 Å². The molecule has 1 unspecified atom stereocenters. The molecule has 0 aliphatic heterocycles. The van der Waals surface area contributed by atoms with Crippen molar-refractivity contribution in [2.45, 2.75) is 5.75 Å². The zero-order valence-corrected chi connectivity index (χ0v) is 15.0. The first-order chi connectivity index (χ1) is 12.6. The Morgan fingerprint density at radius 3 is 2.30 bits per heavy atom. The fraction of sp³-hybridized carbons (Fsp3) is 0.0833. The number of urea groups is 2. The predicted molar refractivity (Wildman–Crippen MR) is 95.4 cm³/mol. The van der Waals surface area contributed by atoms with Crippen LogP contribution >= 0.6 is 11.6 Å². The van der Waals surface area contributed by atoms with Crippen molar-refractivity contribution in [3.8, 4) is 11.3 Å². The Bertz CT molecular complexity index is 928. The number of amides is 4. The smallest absolute Gasteiger partial charge is 0.336 e. The van der Waals surface area contributed by atoms with Gasteiger partial charge in [-0.15, -0.1) is 10.2 Å². The fourth-order valence-electron chi connectivity index (χ4n) is 1.93. The number of halogens is 1. The van der Waals surface area contributed by atoms with E-state index in [1.807, 2.05) is 0 Å². The largest absolute Gasteiger partial charge is 0.772 e. The highest BCUT2D eigenvalue weighted by molar-refractivity contribution is 7.78. The molecule has 1 heterocycles. The van der Waals surface area contributed by atoms with Gasteiger partial charge in [0.1, 0.15) is 5.69 Å². The van der Waals surface area contributed by atoms with E-state index in [-0.39, 0.29) is 27.9 Å². The number of anilines is 2. The zero-order valence-electron chi connectivity index (χ0n) is 13.4. The Hall–Kier alpha value is -2.91. The van der Waals surface area contributed by atoms with Crippen LogP contribution in [0.1, 0.15) is 5.56 Å². The molecule has 1 aromatic heterocycles. The molecule has 15 heteroatoms. The molecule has 2 rings (SSSR count). The first kappa shape index (κ1) is 20.4. The Morgan fingerprint density at radius 2 is 1.78 bits per heavy atom. The summed E-state index contributed by atoms with van der Waals surface area (Å²) in [5, 5.41) is 8.37. The van der Waals surface area contributed by atoms with Crippen LogP contribution in [-0.2, 0) is 16.8 Å². The summed E-state index contributed by atoms with van der Waals surface area (Å²) in [4.78, 5) is 26.5. The summed E-state index contributed by atoms with van der Waals surface area (Å²) in [5.41, 5.74) is 10.7. The molecule has 0 radical (unpaired) electrons. The zero-order chi connectivity index (χ0) is 20.3.